The van der Waals surface area contributed by atoms with Gasteiger partial charge in [0.2, 0.25) is 0 Å². The lowest BCUT2D eigenvalue weighted by Gasteiger charge is -2.06. The van der Waals surface area contributed by atoms with Gasteiger partial charge in [0.1, 0.15) is 12.1 Å². The van der Waals surface area contributed by atoms with Crippen molar-refractivity contribution in [3.8, 4) is 0 Å². The van der Waals surface area contributed by atoms with E-state index in [1.165, 1.54) is 6.92 Å². The summed E-state index contributed by atoms with van der Waals surface area (Å²) in [6, 6.07) is -2.28. The molecule has 3 atom stereocenters. The molecule has 120 valence electrons. The minimum atomic E-state index is -1.18. The van der Waals surface area contributed by atoms with Gasteiger partial charge in [-0.15, -0.1) is 0 Å². The Balaban J connectivity index is -0.000000223. The Hall–Kier alpha value is -1.79. The van der Waals surface area contributed by atoms with E-state index in [-0.39, 0.29) is 6.54 Å². The smallest absolute Gasteiger partial charge is 0.323 e. The normalized spacial score (nSPS) is 13.5. The molecule has 0 aliphatic carbocycles. The summed E-state index contributed by atoms with van der Waals surface area (Å²) in [7, 11) is 0. The molecule has 0 spiro atoms. The van der Waals surface area contributed by atoms with Gasteiger partial charge in [-0.2, -0.15) is 0 Å². The fourth-order valence-corrected chi connectivity index (χ4v) is 0.284. The molecule has 20 heavy (non-hydrogen) atoms. The number of carboxylic acid groups (broad SMARTS) is 3. The van der Waals surface area contributed by atoms with Crippen molar-refractivity contribution >= 4 is 17.9 Å². The number of carboxylic acids is 3. The molecule has 11 N–H and O–H groups in total. The van der Waals surface area contributed by atoms with Crippen LogP contribution in [0.15, 0.2) is 0 Å². The molecular formula is C9H21N3O8. The van der Waals surface area contributed by atoms with E-state index in [2.05, 4.69) is 5.73 Å². The van der Waals surface area contributed by atoms with Crippen LogP contribution in [0, 0.1) is 0 Å². The average molecular weight is 299 g/mol. The molecule has 0 heterocycles. The van der Waals surface area contributed by atoms with E-state index in [0.29, 0.717) is 0 Å². The largest absolute Gasteiger partial charge is 0.480 e. The summed E-state index contributed by atoms with van der Waals surface area (Å²) in [5.41, 5.74) is 14.2. The molecule has 3 unspecified atom stereocenters. The Morgan fingerprint density at radius 2 is 1.40 bits per heavy atom. The van der Waals surface area contributed by atoms with Gasteiger partial charge in [-0.1, -0.05) is 0 Å². The molecule has 11 nitrogen and oxygen atoms in total. The standard InChI is InChI=1S/C4H9NO3.C3H7NO3.C2H5NO2/c1-2(6)3(5)4(7)8;4-2(1-5)3(6)7;3-1-2(4)5/h2-3,6H,5H2,1H3,(H,7,8);2,5H,1,4H2,(H,6,7);1,3H2,(H,4,5). The van der Waals surface area contributed by atoms with Crippen LogP contribution in [0.2, 0.25) is 0 Å². The number of aliphatic hydroxyl groups is 2. The summed E-state index contributed by atoms with van der Waals surface area (Å²) < 4.78 is 0. The van der Waals surface area contributed by atoms with Crippen molar-refractivity contribution in [3.05, 3.63) is 0 Å². The lowest BCUT2D eigenvalue weighted by atomic mass is 10.2. The number of hydrogen-bond acceptors (Lipinski definition) is 8. The van der Waals surface area contributed by atoms with Crippen LogP contribution in [-0.2, 0) is 14.4 Å². The summed E-state index contributed by atoms with van der Waals surface area (Å²) in [6.45, 7) is 0.550. The van der Waals surface area contributed by atoms with Crippen LogP contribution in [0.5, 0.6) is 0 Å². The molecule has 0 saturated heterocycles. The first-order valence-electron chi connectivity index (χ1n) is 5.18. The summed E-state index contributed by atoms with van der Waals surface area (Å²) in [5, 5.41) is 40.0. The fraction of sp³-hybridized carbons (Fsp3) is 0.667. The van der Waals surface area contributed by atoms with Crippen LogP contribution in [0.1, 0.15) is 6.92 Å². The maximum absolute atomic E-state index is 9.86. The summed E-state index contributed by atoms with van der Waals surface area (Å²) in [4.78, 5) is 28.7. The van der Waals surface area contributed by atoms with Crippen molar-refractivity contribution in [3.63, 3.8) is 0 Å². The Bertz CT molecular complexity index is 297. The van der Waals surface area contributed by atoms with Gasteiger partial charge in [0.25, 0.3) is 0 Å². The van der Waals surface area contributed by atoms with Crippen molar-refractivity contribution in [2.75, 3.05) is 13.2 Å². The van der Waals surface area contributed by atoms with E-state index < -0.39 is 42.7 Å². The van der Waals surface area contributed by atoms with E-state index in [9.17, 15) is 14.4 Å². The zero-order valence-corrected chi connectivity index (χ0v) is 10.8. The third kappa shape index (κ3) is 18.6. The van der Waals surface area contributed by atoms with Crippen LogP contribution in [0.25, 0.3) is 0 Å². The van der Waals surface area contributed by atoms with Gasteiger partial charge in [-0.05, 0) is 6.92 Å². The summed E-state index contributed by atoms with van der Waals surface area (Å²) >= 11 is 0. The molecule has 0 saturated carbocycles. The molecule has 0 bridgehead atoms. The summed E-state index contributed by atoms with van der Waals surface area (Å²) in [5.74, 6) is -3.33. The van der Waals surface area contributed by atoms with Gasteiger partial charge in [0.15, 0.2) is 0 Å². The molecule has 0 amide bonds. The summed E-state index contributed by atoms with van der Waals surface area (Å²) in [6.07, 6.45) is -0.979. The molecule has 11 heteroatoms. The van der Waals surface area contributed by atoms with Gasteiger partial charge < -0.3 is 42.7 Å². The number of rotatable bonds is 5. The Labute approximate surface area is 114 Å². The number of aliphatic hydroxyl groups excluding tert-OH is 2. The minimum Gasteiger partial charge on any atom is -0.480 e. The number of carbonyl (C=O) groups is 3. The first-order valence-corrected chi connectivity index (χ1v) is 5.18. The van der Waals surface area contributed by atoms with Crippen LogP contribution in [0.4, 0.5) is 0 Å². The second kappa shape index (κ2) is 13.6. The van der Waals surface area contributed by atoms with Crippen molar-refractivity contribution in [2.45, 2.75) is 25.1 Å². The molecular weight excluding hydrogens is 278 g/mol. The maximum Gasteiger partial charge on any atom is 0.323 e. The Morgan fingerprint density at radius 3 is 1.40 bits per heavy atom. The SMILES string of the molecule is CC(O)C(N)C(=O)O.NC(CO)C(=O)O.NCC(=O)O. The molecule has 0 aliphatic heterocycles. The zero-order valence-electron chi connectivity index (χ0n) is 10.8. The molecule has 0 aromatic carbocycles. The van der Waals surface area contributed by atoms with Crippen molar-refractivity contribution in [1.29, 1.82) is 0 Å². The highest BCUT2D eigenvalue weighted by atomic mass is 16.4. The third-order valence-electron chi connectivity index (χ3n) is 1.49. The first kappa shape index (κ1) is 23.3. The highest BCUT2D eigenvalue weighted by Crippen LogP contribution is 1.85. The number of hydrogen-bond donors (Lipinski definition) is 8. The molecule has 0 aromatic heterocycles. The predicted molar refractivity (Wildman–Crippen MR) is 66.7 cm³/mol. The Morgan fingerprint density at radius 1 is 1.05 bits per heavy atom. The minimum absolute atomic E-state index is 0.278. The zero-order chi connectivity index (χ0) is 16.9. The molecule has 0 aliphatic rings. The van der Waals surface area contributed by atoms with Crippen LogP contribution in [-0.4, -0.2) is 74.8 Å². The quantitative estimate of drug-likeness (QED) is 0.245. The number of nitrogens with two attached hydrogens (primary N) is 3. The second-order valence-electron chi connectivity index (χ2n) is 3.33. The van der Waals surface area contributed by atoms with Gasteiger partial charge in [0.05, 0.1) is 19.3 Å². The number of aliphatic carboxylic acids is 3. The molecule has 0 radical (unpaired) electrons. The van der Waals surface area contributed by atoms with E-state index in [0.717, 1.165) is 0 Å². The van der Waals surface area contributed by atoms with Gasteiger partial charge in [-0.25, -0.2) is 0 Å². The van der Waals surface area contributed by atoms with Gasteiger partial charge in [-0.3, -0.25) is 14.4 Å². The van der Waals surface area contributed by atoms with Crippen LogP contribution >= 0.6 is 0 Å². The van der Waals surface area contributed by atoms with Crippen molar-refractivity contribution in [2.24, 2.45) is 17.2 Å². The average Bonchev–Trinajstić information content (AvgIpc) is 2.37. The first-order chi connectivity index (χ1) is 9.00. The topological polar surface area (TPSA) is 230 Å². The Kier molecular flexibility index (Phi) is 15.9. The van der Waals surface area contributed by atoms with Crippen molar-refractivity contribution in [1.82, 2.24) is 0 Å². The highest BCUT2D eigenvalue weighted by molar-refractivity contribution is 5.73. The van der Waals surface area contributed by atoms with E-state index in [1.807, 2.05) is 0 Å². The van der Waals surface area contributed by atoms with Crippen LogP contribution in [0.3, 0.4) is 0 Å². The third-order valence-corrected chi connectivity index (χ3v) is 1.49. The van der Waals surface area contributed by atoms with Crippen molar-refractivity contribution < 1.29 is 39.9 Å². The second-order valence-corrected chi connectivity index (χ2v) is 3.33. The van der Waals surface area contributed by atoms with Crippen LogP contribution < -0.4 is 17.2 Å². The molecule has 0 aromatic rings. The molecule has 0 rings (SSSR count). The fourth-order valence-electron chi connectivity index (χ4n) is 0.284. The monoisotopic (exact) mass is 299 g/mol. The predicted octanol–water partition coefficient (Wildman–Crippen LogP) is -3.80. The van der Waals surface area contributed by atoms with Gasteiger partial charge in [0, 0.05) is 0 Å². The molecule has 0 fully saturated rings. The lowest BCUT2D eigenvalue weighted by molar-refractivity contribution is -0.141. The highest BCUT2D eigenvalue weighted by Gasteiger charge is 2.16. The lowest BCUT2D eigenvalue weighted by Crippen LogP contribution is -2.39. The van der Waals surface area contributed by atoms with Gasteiger partial charge >= 0.3 is 17.9 Å². The van der Waals surface area contributed by atoms with E-state index in [4.69, 9.17) is 37.0 Å². The maximum atomic E-state index is 9.86. The van der Waals surface area contributed by atoms with E-state index >= 15 is 0 Å². The van der Waals surface area contributed by atoms with E-state index in [1.54, 1.807) is 0 Å².